The number of nitrogens with zero attached hydrogens (tertiary/aromatic N) is 1. The van der Waals surface area contributed by atoms with Gasteiger partial charge in [0.25, 0.3) is 0 Å². The molecule has 0 aliphatic heterocycles. The van der Waals surface area contributed by atoms with Gasteiger partial charge in [0.05, 0.1) is 19.6 Å². The third-order valence-corrected chi connectivity index (χ3v) is 3.03. The molecule has 1 aromatic rings. The highest BCUT2D eigenvalue weighted by Gasteiger charge is 2.17. The fraction of sp³-hybridized carbons (Fsp3) is 0.467. The minimum absolute atomic E-state index is 0.121. The lowest BCUT2D eigenvalue weighted by Gasteiger charge is -2.20. The van der Waals surface area contributed by atoms with Crippen molar-refractivity contribution in [3.05, 3.63) is 18.2 Å². The van der Waals surface area contributed by atoms with Crippen LogP contribution in [0.5, 0.6) is 11.5 Å². The fourth-order valence-electron chi connectivity index (χ4n) is 1.81. The van der Waals surface area contributed by atoms with Gasteiger partial charge in [0.15, 0.2) is 11.5 Å². The zero-order chi connectivity index (χ0) is 16.7. The van der Waals surface area contributed by atoms with Crippen molar-refractivity contribution in [1.29, 1.82) is 0 Å². The normalized spacial score (nSPS) is 11.5. The average molecular weight is 310 g/mol. The molecular weight excluding hydrogens is 288 g/mol. The van der Waals surface area contributed by atoms with Gasteiger partial charge < -0.3 is 24.8 Å². The number of carbonyl (C=O) groups excluding carboxylic acids is 1. The van der Waals surface area contributed by atoms with Gasteiger partial charge in [-0.1, -0.05) is 6.92 Å². The highest BCUT2D eigenvalue weighted by molar-refractivity contribution is 5.89. The fourth-order valence-corrected chi connectivity index (χ4v) is 1.81. The summed E-state index contributed by atoms with van der Waals surface area (Å²) in [5.74, 6) is -0.467. The highest BCUT2D eigenvalue weighted by Crippen LogP contribution is 2.30. The molecule has 0 saturated heterocycles. The first kappa shape index (κ1) is 17.6. The van der Waals surface area contributed by atoms with Crippen LogP contribution in [0.3, 0.4) is 0 Å². The van der Waals surface area contributed by atoms with Gasteiger partial charge in [-0.2, -0.15) is 0 Å². The lowest BCUT2D eigenvalue weighted by atomic mass is 10.2. The number of carboxylic acid groups (broad SMARTS) is 1. The van der Waals surface area contributed by atoms with E-state index < -0.39 is 11.9 Å². The van der Waals surface area contributed by atoms with Gasteiger partial charge in [-0.25, -0.2) is 4.79 Å². The number of rotatable bonds is 7. The molecule has 1 rings (SSSR count). The first-order chi connectivity index (χ1) is 10.4. The minimum Gasteiger partial charge on any atom is -0.493 e. The molecule has 1 atom stereocenters. The number of amides is 2. The van der Waals surface area contributed by atoms with Crippen LogP contribution in [-0.4, -0.2) is 49.3 Å². The van der Waals surface area contributed by atoms with Gasteiger partial charge in [0, 0.05) is 25.3 Å². The zero-order valence-electron chi connectivity index (χ0n) is 13.3. The molecule has 7 heteroatoms. The summed E-state index contributed by atoms with van der Waals surface area (Å²) >= 11 is 0. The van der Waals surface area contributed by atoms with Crippen LogP contribution in [0.1, 0.15) is 13.8 Å². The molecule has 0 aliphatic rings. The van der Waals surface area contributed by atoms with Gasteiger partial charge in [-0.3, -0.25) is 4.79 Å². The molecule has 0 bridgehead atoms. The molecule has 0 fully saturated rings. The summed E-state index contributed by atoms with van der Waals surface area (Å²) in [4.78, 5) is 24.2. The van der Waals surface area contributed by atoms with Crippen molar-refractivity contribution in [2.45, 2.75) is 13.8 Å². The first-order valence-corrected chi connectivity index (χ1v) is 6.94. The van der Waals surface area contributed by atoms with Crippen LogP contribution in [0, 0.1) is 5.92 Å². The third kappa shape index (κ3) is 4.83. The number of methoxy groups -OCH3 is 1. The molecule has 0 saturated carbocycles. The van der Waals surface area contributed by atoms with E-state index in [0.29, 0.717) is 23.8 Å². The van der Waals surface area contributed by atoms with E-state index in [0.717, 1.165) is 0 Å². The summed E-state index contributed by atoms with van der Waals surface area (Å²) < 4.78 is 10.6. The molecule has 1 aromatic carbocycles. The van der Waals surface area contributed by atoms with Gasteiger partial charge in [-0.15, -0.1) is 0 Å². The summed E-state index contributed by atoms with van der Waals surface area (Å²) in [5.41, 5.74) is 0.545. The van der Waals surface area contributed by atoms with Crippen molar-refractivity contribution in [2.24, 2.45) is 5.92 Å². The summed E-state index contributed by atoms with van der Waals surface area (Å²) in [6, 6.07) is 4.66. The molecule has 1 unspecified atom stereocenters. The maximum absolute atomic E-state index is 12.0. The molecule has 22 heavy (non-hydrogen) atoms. The second-order valence-electron chi connectivity index (χ2n) is 4.85. The Labute approximate surface area is 129 Å². The van der Waals surface area contributed by atoms with E-state index in [1.807, 2.05) is 6.92 Å². The third-order valence-electron chi connectivity index (χ3n) is 3.03. The number of nitrogens with one attached hydrogen (secondary N) is 1. The Bertz CT molecular complexity index is 533. The van der Waals surface area contributed by atoms with Crippen LogP contribution in [0.15, 0.2) is 18.2 Å². The average Bonchev–Trinajstić information content (AvgIpc) is 2.47. The Morgan fingerprint density at radius 2 is 2.05 bits per heavy atom. The molecule has 0 heterocycles. The summed E-state index contributed by atoms with van der Waals surface area (Å²) in [6.07, 6.45) is 0. The van der Waals surface area contributed by atoms with Crippen LogP contribution >= 0.6 is 0 Å². The molecule has 0 aromatic heterocycles. The molecule has 0 spiro atoms. The predicted molar refractivity (Wildman–Crippen MR) is 82.6 cm³/mol. The number of carbonyl (C=O) groups is 2. The molecule has 7 nitrogen and oxygen atoms in total. The number of urea groups is 1. The second-order valence-corrected chi connectivity index (χ2v) is 4.85. The number of hydrogen-bond acceptors (Lipinski definition) is 4. The number of anilines is 1. The SMILES string of the molecule is CCOc1cc(NC(=O)N(C)CC(C)C(=O)O)ccc1OC. The van der Waals surface area contributed by atoms with E-state index in [1.54, 1.807) is 32.2 Å². The number of ether oxygens (including phenoxy) is 2. The maximum atomic E-state index is 12.0. The Kier molecular flexibility index (Phi) is 6.49. The molecule has 2 amide bonds. The first-order valence-electron chi connectivity index (χ1n) is 6.94. The smallest absolute Gasteiger partial charge is 0.321 e. The quantitative estimate of drug-likeness (QED) is 0.806. The monoisotopic (exact) mass is 310 g/mol. The molecule has 0 aliphatic carbocycles. The standard InChI is InChI=1S/C15H22N2O5/c1-5-22-13-8-11(6-7-12(13)21-4)16-15(20)17(3)9-10(2)14(18)19/h6-8,10H,5,9H2,1-4H3,(H,16,20)(H,18,19). The Morgan fingerprint density at radius 1 is 1.36 bits per heavy atom. The van der Waals surface area contributed by atoms with Crippen molar-refractivity contribution in [1.82, 2.24) is 4.90 Å². The predicted octanol–water partition coefficient (Wildman–Crippen LogP) is 2.28. The summed E-state index contributed by atoms with van der Waals surface area (Å²) in [5, 5.41) is 11.6. The van der Waals surface area contributed by atoms with Crippen molar-refractivity contribution in [3.8, 4) is 11.5 Å². The van der Waals surface area contributed by atoms with Crippen LogP contribution in [0.25, 0.3) is 0 Å². The van der Waals surface area contributed by atoms with E-state index in [-0.39, 0.29) is 12.6 Å². The van der Waals surface area contributed by atoms with E-state index in [9.17, 15) is 9.59 Å². The lowest BCUT2D eigenvalue weighted by molar-refractivity contribution is -0.141. The van der Waals surface area contributed by atoms with E-state index in [4.69, 9.17) is 14.6 Å². The largest absolute Gasteiger partial charge is 0.493 e. The van der Waals surface area contributed by atoms with Crippen LogP contribution in [-0.2, 0) is 4.79 Å². The van der Waals surface area contributed by atoms with E-state index in [1.165, 1.54) is 12.0 Å². The van der Waals surface area contributed by atoms with Gasteiger partial charge in [0.1, 0.15) is 0 Å². The summed E-state index contributed by atoms with van der Waals surface area (Å²) in [6.45, 7) is 4.00. The van der Waals surface area contributed by atoms with Gasteiger partial charge in [-0.05, 0) is 19.1 Å². The second kappa shape index (κ2) is 8.11. The topological polar surface area (TPSA) is 88.1 Å². The lowest BCUT2D eigenvalue weighted by Crippen LogP contribution is -2.36. The van der Waals surface area contributed by atoms with Crippen molar-refractivity contribution in [3.63, 3.8) is 0 Å². The number of benzene rings is 1. The number of aliphatic carboxylic acids is 1. The number of hydrogen-bond donors (Lipinski definition) is 2. The molecule has 0 radical (unpaired) electrons. The van der Waals surface area contributed by atoms with Crippen LogP contribution < -0.4 is 14.8 Å². The molecular formula is C15H22N2O5. The van der Waals surface area contributed by atoms with E-state index in [2.05, 4.69) is 5.32 Å². The summed E-state index contributed by atoms with van der Waals surface area (Å²) in [7, 11) is 3.08. The minimum atomic E-state index is -0.942. The Balaban J connectivity index is 2.75. The highest BCUT2D eigenvalue weighted by atomic mass is 16.5. The van der Waals surface area contributed by atoms with Crippen molar-refractivity contribution >= 4 is 17.7 Å². The van der Waals surface area contributed by atoms with Crippen molar-refractivity contribution < 1.29 is 24.2 Å². The number of carboxylic acids is 1. The molecule has 122 valence electrons. The molecule has 2 N–H and O–H groups in total. The van der Waals surface area contributed by atoms with Crippen LogP contribution in [0.2, 0.25) is 0 Å². The van der Waals surface area contributed by atoms with Gasteiger partial charge >= 0.3 is 12.0 Å². The van der Waals surface area contributed by atoms with Crippen LogP contribution in [0.4, 0.5) is 10.5 Å². The Morgan fingerprint density at radius 3 is 2.59 bits per heavy atom. The van der Waals surface area contributed by atoms with Crippen molar-refractivity contribution in [2.75, 3.05) is 32.6 Å². The zero-order valence-corrected chi connectivity index (χ0v) is 13.3. The Hall–Kier alpha value is -2.44. The maximum Gasteiger partial charge on any atom is 0.321 e. The van der Waals surface area contributed by atoms with E-state index >= 15 is 0 Å². The van der Waals surface area contributed by atoms with Gasteiger partial charge in [0.2, 0.25) is 0 Å².